The van der Waals surface area contributed by atoms with E-state index in [-0.39, 0.29) is 33.8 Å². The first-order valence-electron chi connectivity index (χ1n) is 11.6. The molecule has 0 unspecified atom stereocenters. The average Bonchev–Trinajstić information content (AvgIpc) is 3.32. The summed E-state index contributed by atoms with van der Waals surface area (Å²) < 4.78 is 50.7. The Hall–Kier alpha value is -3.61. The molecule has 4 N–H and O–H groups in total. The van der Waals surface area contributed by atoms with Crippen LogP contribution in [0.2, 0.25) is 0 Å². The highest BCUT2D eigenvalue weighted by Crippen LogP contribution is 2.33. The van der Waals surface area contributed by atoms with Crippen molar-refractivity contribution in [1.82, 2.24) is 24.7 Å². The van der Waals surface area contributed by atoms with E-state index in [1.54, 1.807) is 0 Å². The molecule has 212 valence electrons. The second-order valence-electron chi connectivity index (χ2n) is 8.81. The number of esters is 1. The fourth-order valence-electron chi connectivity index (χ4n) is 4.18. The van der Waals surface area contributed by atoms with Crippen LogP contribution in [0.3, 0.4) is 0 Å². The van der Waals surface area contributed by atoms with Gasteiger partial charge in [-0.1, -0.05) is 0 Å². The number of halogens is 3. The molecular weight excluding hydrogens is 563 g/mol. The third kappa shape index (κ3) is 5.38. The summed E-state index contributed by atoms with van der Waals surface area (Å²) in [6.07, 6.45) is -11.0. The Morgan fingerprint density at radius 3 is 2.55 bits per heavy atom. The van der Waals surface area contributed by atoms with Crippen LogP contribution in [0, 0.1) is 0 Å². The van der Waals surface area contributed by atoms with Crippen molar-refractivity contribution in [3.05, 3.63) is 57.2 Å². The SMILES string of the molecule is O=C(Cc1nn(Cc2nc3cc(C(F)(F)F)ccc3s2)c(=O)c2nccnc12)O[C@@H]1[C@@H](O)[C@H](O)O[C@H](CO)[C@H]1O. The third-order valence-electron chi connectivity index (χ3n) is 6.11. The quantitative estimate of drug-likeness (QED) is 0.218. The minimum Gasteiger partial charge on any atom is -0.456 e. The van der Waals surface area contributed by atoms with Gasteiger partial charge in [0.25, 0.3) is 5.56 Å². The molecule has 1 aromatic carbocycles. The summed E-state index contributed by atoms with van der Waals surface area (Å²) in [5.74, 6) is -1.03. The maximum Gasteiger partial charge on any atom is 0.416 e. The predicted octanol–water partition coefficient (Wildman–Crippen LogP) is -0.251. The van der Waals surface area contributed by atoms with Gasteiger partial charge in [-0.3, -0.25) is 14.6 Å². The van der Waals surface area contributed by atoms with Gasteiger partial charge in [0.1, 0.15) is 34.5 Å². The Kier molecular flexibility index (Phi) is 7.51. The Morgan fingerprint density at radius 1 is 1.12 bits per heavy atom. The lowest BCUT2D eigenvalue weighted by Gasteiger charge is -2.39. The van der Waals surface area contributed by atoms with Crippen molar-refractivity contribution in [3.63, 3.8) is 0 Å². The Labute approximate surface area is 225 Å². The van der Waals surface area contributed by atoms with E-state index in [4.69, 9.17) is 9.47 Å². The van der Waals surface area contributed by atoms with Crippen molar-refractivity contribution in [2.75, 3.05) is 6.61 Å². The van der Waals surface area contributed by atoms with Gasteiger partial charge in [-0.25, -0.2) is 14.6 Å². The molecule has 1 aliphatic rings. The molecule has 1 saturated heterocycles. The Bertz CT molecular complexity index is 1630. The molecule has 0 aliphatic carbocycles. The summed E-state index contributed by atoms with van der Waals surface area (Å²) in [5, 5.41) is 44.0. The highest BCUT2D eigenvalue weighted by molar-refractivity contribution is 7.18. The van der Waals surface area contributed by atoms with Gasteiger partial charge in [-0.2, -0.15) is 18.3 Å². The van der Waals surface area contributed by atoms with Gasteiger partial charge in [-0.15, -0.1) is 11.3 Å². The largest absolute Gasteiger partial charge is 0.456 e. The predicted molar refractivity (Wildman–Crippen MR) is 129 cm³/mol. The van der Waals surface area contributed by atoms with Crippen LogP contribution in [0.1, 0.15) is 16.3 Å². The number of hydrogen-bond acceptors (Lipinski definition) is 13. The van der Waals surface area contributed by atoms with Crippen LogP contribution >= 0.6 is 11.3 Å². The summed E-state index contributed by atoms with van der Waals surface area (Å²) in [6, 6.07) is 3.11. The van der Waals surface area contributed by atoms with Crippen molar-refractivity contribution >= 4 is 38.6 Å². The normalized spacial score (nSPS) is 23.5. The summed E-state index contributed by atoms with van der Waals surface area (Å²) >= 11 is 1.05. The van der Waals surface area contributed by atoms with Crippen LogP contribution in [0.5, 0.6) is 0 Å². The number of hydrogen-bond donors (Lipinski definition) is 4. The molecule has 40 heavy (non-hydrogen) atoms. The van der Waals surface area contributed by atoms with Crippen molar-refractivity contribution in [3.8, 4) is 0 Å². The van der Waals surface area contributed by atoms with Crippen molar-refractivity contribution < 1.29 is 47.9 Å². The van der Waals surface area contributed by atoms with Gasteiger partial charge in [0.05, 0.1) is 35.4 Å². The standard InChI is InChI=1S/C23H20F3N5O8S/c24-23(25,26)9-1-2-13-10(5-9)29-14(40-13)7-31-21(36)17-16(27-3-4-28-17)11(30-31)6-15(33)39-20-18(34)12(8-32)38-22(37)19(20)35/h1-5,12,18-20,22,32,34-35,37H,6-8H2/t12-,18-,19-,20+,22-/m1/s1. The molecule has 1 aliphatic heterocycles. The molecule has 4 heterocycles. The zero-order valence-electron chi connectivity index (χ0n) is 20.1. The molecule has 0 radical (unpaired) electrons. The van der Waals surface area contributed by atoms with E-state index in [1.165, 1.54) is 18.5 Å². The van der Waals surface area contributed by atoms with Crippen LogP contribution in [0.15, 0.2) is 35.4 Å². The molecular formula is C23H20F3N5O8S. The summed E-state index contributed by atoms with van der Waals surface area (Å²) in [7, 11) is 0. The summed E-state index contributed by atoms with van der Waals surface area (Å²) in [4.78, 5) is 38.1. The first-order chi connectivity index (χ1) is 19.0. The van der Waals surface area contributed by atoms with E-state index in [2.05, 4.69) is 20.1 Å². The van der Waals surface area contributed by atoms with E-state index in [1.807, 2.05) is 0 Å². The molecule has 5 rings (SSSR count). The number of nitrogens with zero attached hydrogens (tertiary/aromatic N) is 5. The number of benzene rings is 1. The van der Waals surface area contributed by atoms with E-state index < -0.39 is 67.0 Å². The van der Waals surface area contributed by atoms with Gasteiger partial charge < -0.3 is 29.9 Å². The molecule has 4 aromatic rings. The molecule has 13 nitrogen and oxygen atoms in total. The second kappa shape index (κ2) is 10.8. The maximum absolute atomic E-state index is 13.1. The number of aliphatic hydroxyl groups is 4. The van der Waals surface area contributed by atoms with E-state index in [9.17, 15) is 43.2 Å². The van der Waals surface area contributed by atoms with E-state index in [0.29, 0.717) is 4.70 Å². The van der Waals surface area contributed by atoms with Gasteiger partial charge in [0.2, 0.25) is 0 Å². The lowest BCUT2D eigenvalue weighted by molar-refractivity contribution is -0.289. The molecule has 0 amide bonds. The Morgan fingerprint density at radius 2 is 1.85 bits per heavy atom. The number of rotatable bonds is 6. The number of ether oxygens (including phenoxy) is 2. The third-order valence-corrected chi connectivity index (χ3v) is 7.14. The smallest absolute Gasteiger partial charge is 0.416 e. The van der Waals surface area contributed by atoms with Crippen LogP contribution in [-0.2, 0) is 33.4 Å². The van der Waals surface area contributed by atoms with E-state index >= 15 is 0 Å². The van der Waals surface area contributed by atoms with Gasteiger partial charge >= 0.3 is 12.1 Å². The summed E-state index contributed by atoms with van der Waals surface area (Å²) in [6.45, 7) is -0.981. The topological polar surface area (TPSA) is 190 Å². The van der Waals surface area contributed by atoms with Crippen LogP contribution in [0.4, 0.5) is 13.2 Å². The zero-order valence-corrected chi connectivity index (χ0v) is 20.9. The lowest BCUT2D eigenvalue weighted by Crippen LogP contribution is -2.59. The summed E-state index contributed by atoms with van der Waals surface area (Å²) in [5.41, 5.74) is -1.72. The Balaban J connectivity index is 1.44. The number of carbonyl (C=O) groups is 1. The zero-order chi connectivity index (χ0) is 28.8. The first-order valence-corrected chi connectivity index (χ1v) is 12.4. The van der Waals surface area contributed by atoms with Gasteiger partial charge in [0, 0.05) is 12.4 Å². The van der Waals surface area contributed by atoms with Crippen LogP contribution < -0.4 is 5.56 Å². The molecule has 0 saturated carbocycles. The molecule has 0 bridgehead atoms. The van der Waals surface area contributed by atoms with Crippen molar-refractivity contribution in [2.45, 2.75) is 49.8 Å². The van der Waals surface area contributed by atoms with E-state index in [0.717, 1.165) is 28.2 Å². The monoisotopic (exact) mass is 583 g/mol. The minimum absolute atomic E-state index is 0.0267. The number of aliphatic hydroxyl groups excluding tert-OH is 4. The first kappa shape index (κ1) is 27.9. The molecule has 17 heteroatoms. The molecule has 0 spiro atoms. The van der Waals surface area contributed by atoms with Gasteiger partial charge in [0.15, 0.2) is 17.9 Å². The fraction of sp³-hybridized carbons (Fsp3) is 0.391. The number of aromatic nitrogens is 5. The molecule has 1 fully saturated rings. The number of carbonyl (C=O) groups excluding carboxylic acids is 1. The van der Waals surface area contributed by atoms with Crippen molar-refractivity contribution in [1.29, 1.82) is 0 Å². The highest BCUT2D eigenvalue weighted by Gasteiger charge is 2.46. The molecule has 5 atom stereocenters. The number of thiazole rings is 1. The van der Waals surface area contributed by atoms with Crippen LogP contribution in [-0.4, -0.2) is 88.4 Å². The van der Waals surface area contributed by atoms with Crippen LogP contribution in [0.25, 0.3) is 21.3 Å². The lowest BCUT2D eigenvalue weighted by atomic mass is 9.99. The molecule has 3 aromatic heterocycles. The second-order valence-corrected chi connectivity index (χ2v) is 9.93. The average molecular weight is 584 g/mol. The minimum atomic E-state index is -4.55. The maximum atomic E-state index is 13.1. The number of fused-ring (bicyclic) bond motifs is 2. The number of alkyl halides is 3. The highest BCUT2D eigenvalue weighted by atomic mass is 32.1. The van der Waals surface area contributed by atoms with Gasteiger partial charge in [-0.05, 0) is 18.2 Å². The fourth-order valence-corrected chi connectivity index (χ4v) is 5.11. The van der Waals surface area contributed by atoms with Crippen molar-refractivity contribution in [2.24, 2.45) is 0 Å².